The van der Waals surface area contributed by atoms with Gasteiger partial charge in [-0.25, -0.2) is 8.78 Å². The van der Waals surface area contributed by atoms with Crippen molar-refractivity contribution in [1.29, 1.82) is 0 Å². The summed E-state index contributed by atoms with van der Waals surface area (Å²) in [6.45, 7) is 2.34. The van der Waals surface area contributed by atoms with Crippen LogP contribution in [-0.2, 0) is 0 Å². The zero-order valence-corrected chi connectivity index (χ0v) is 11.1. The minimum Gasteiger partial charge on any atom is -0.330 e. The highest BCUT2D eigenvalue weighted by Gasteiger charge is 2.34. The molecule has 0 aromatic heterocycles. The lowest BCUT2D eigenvalue weighted by Crippen LogP contribution is -2.31. The maximum atomic E-state index is 14.7. The fourth-order valence-electron chi connectivity index (χ4n) is 2.38. The minimum atomic E-state index is -1.37. The van der Waals surface area contributed by atoms with Gasteiger partial charge in [0.15, 0.2) is 0 Å². The van der Waals surface area contributed by atoms with Gasteiger partial charge in [-0.05, 0) is 36.6 Å². The van der Waals surface area contributed by atoms with E-state index in [0.717, 1.165) is 5.57 Å². The Bertz CT molecular complexity index is 507. The summed E-state index contributed by atoms with van der Waals surface area (Å²) < 4.78 is 28.3. The van der Waals surface area contributed by atoms with Crippen LogP contribution >= 0.6 is 0 Å². The van der Waals surface area contributed by atoms with Crippen molar-refractivity contribution in [3.8, 4) is 0 Å². The zero-order valence-electron chi connectivity index (χ0n) is 11.1. The summed E-state index contributed by atoms with van der Waals surface area (Å²) in [5, 5.41) is 0. The molecule has 0 fully saturated rings. The first-order valence-electron chi connectivity index (χ1n) is 6.60. The highest BCUT2D eigenvalue weighted by molar-refractivity contribution is 5.75. The zero-order chi connectivity index (χ0) is 13.9. The second-order valence-corrected chi connectivity index (χ2v) is 5.08. The SMILES string of the molecule is CC(CCN)C1(F)C=CC(c2ccccc2F)=CC1. The molecule has 1 nitrogen and oxygen atoms in total. The van der Waals surface area contributed by atoms with E-state index >= 15 is 0 Å². The van der Waals surface area contributed by atoms with E-state index in [-0.39, 0.29) is 18.2 Å². The molecule has 19 heavy (non-hydrogen) atoms. The molecule has 2 N–H and O–H groups in total. The van der Waals surface area contributed by atoms with E-state index in [2.05, 4.69) is 0 Å². The molecule has 2 atom stereocenters. The fraction of sp³-hybridized carbons (Fsp3) is 0.375. The third kappa shape index (κ3) is 2.92. The van der Waals surface area contributed by atoms with Crippen LogP contribution in [-0.4, -0.2) is 12.2 Å². The monoisotopic (exact) mass is 263 g/mol. The van der Waals surface area contributed by atoms with Crippen molar-refractivity contribution in [2.24, 2.45) is 11.7 Å². The van der Waals surface area contributed by atoms with Crippen molar-refractivity contribution in [3.63, 3.8) is 0 Å². The molecule has 1 aromatic rings. The predicted molar refractivity (Wildman–Crippen MR) is 74.8 cm³/mol. The Morgan fingerprint density at radius 2 is 2.11 bits per heavy atom. The second-order valence-electron chi connectivity index (χ2n) is 5.08. The van der Waals surface area contributed by atoms with Crippen molar-refractivity contribution in [2.45, 2.75) is 25.4 Å². The molecule has 2 rings (SSSR count). The molecule has 102 valence electrons. The van der Waals surface area contributed by atoms with Crippen LogP contribution in [0, 0.1) is 11.7 Å². The number of alkyl halides is 1. The van der Waals surface area contributed by atoms with Crippen molar-refractivity contribution < 1.29 is 8.78 Å². The van der Waals surface area contributed by atoms with Crippen molar-refractivity contribution in [3.05, 3.63) is 53.9 Å². The van der Waals surface area contributed by atoms with Crippen LogP contribution in [0.5, 0.6) is 0 Å². The molecular formula is C16H19F2N. The maximum absolute atomic E-state index is 14.7. The summed E-state index contributed by atoms with van der Waals surface area (Å²) >= 11 is 0. The van der Waals surface area contributed by atoms with Crippen LogP contribution in [0.15, 0.2) is 42.5 Å². The van der Waals surface area contributed by atoms with Gasteiger partial charge in [-0.2, -0.15) is 0 Å². The number of hydrogen-bond acceptors (Lipinski definition) is 1. The number of halogens is 2. The largest absolute Gasteiger partial charge is 0.330 e. The Labute approximate surface area is 112 Å². The third-order valence-electron chi connectivity index (χ3n) is 3.78. The minimum absolute atomic E-state index is 0.132. The summed E-state index contributed by atoms with van der Waals surface area (Å²) in [5.74, 6) is -0.410. The van der Waals surface area contributed by atoms with E-state index in [4.69, 9.17) is 5.73 Å². The predicted octanol–water partition coefficient (Wildman–Crippen LogP) is 3.86. The van der Waals surface area contributed by atoms with Crippen molar-refractivity contribution in [1.82, 2.24) is 0 Å². The van der Waals surface area contributed by atoms with Crippen molar-refractivity contribution in [2.75, 3.05) is 6.54 Å². The lowest BCUT2D eigenvalue weighted by atomic mass is 9.81. The highest BCUT2D eigenvalue weighted by Crippen LogP contribution is 2.36. The first-order chi connectivity index (χ1) is 9.07. The van der Waals surface area contributed by atoms with Crippen LogP contribution in [0.3, 0.4) is 0 Å². The quantitative estimate of drug-likeness (QED) is 0.877. The van der Waals surface area contributed by atoms with Crippen LogP contribution in [0.2, 0.25) is 0 Å². The fourth-order valence-corrected chi connectivity index (χ4v) is 2.38. The molecule has 0 heterocycles. The number of hydrogen-bond donors (Lipinski definition) is 1. The van der Waals surface area contributed by atoms with Crippen molar-refractivity contribution >= 4 is 5.57 Å². The highest BCUT2D eigenvalue weighted by atomic mass is 19.1. The molecule has 1 aliphatic carbocycles. The van der Waals surface area contributed by atoms with E-state index in [9.17, 15) is 8.78 Å². The van der Waals surface area contributed by atoms with Gasteiger partial charge in [0.1, 0.15) is 11.5 Å². The Kier molecular flexibility index (Phi) is 4.15. The molecule has 0 saturated carbocycles. The number of rotatable bonds is 4. The van der Waals surface area contributed by atoms with Gasteiger partial charge >= 0.3 is 0 Å². The van der Waals surface area contributed by atoms with Gasteiger partial charge in [-0.3, -0.25) is 0 Å². The molecule has 0 bridgehead atoms. The van der Waals surface area contributed by atoms with Gasteiger partial charge in [0, 0.05) is 12.0 Å². The molecule has 0 radical (unpaired) electrons. The number of allylic oxidation sites excluding steroid dienone is 4. The molecule has 3 heteroatoms. The lowest BCUT2D eigenvalue weighted by Gasteiger charge is -2.30. The van der Waals surface area contributed by atoms with Crippen LogP contribution in [0.25, 0.3) is 5.57 Å². The topological polar surface area (TPSA) is 26.0 Å². The summed E-state index contributed by atoms with van der Waals surface area (Å²) in [4.78, 5) is 0. The van der Waals surface area contributed by atoms with Gasteiger partial charge in [0.25, 0.3) is 0 Å². The van der Waals surface area contributed by atoms with Crippen LogP contribution in [0.1, 0.15) is 25.3 Å². The van der Waals surface area contributed by atoms with Crippen LogP contribution < -0.4 is 5.73 Å². The van der Waals surface area contributed by atoms with Gasteiger partial charge in [0.05, 0.1) is 0 Å². The third-order valence-corrected chi connectivity index (χ3v) is 3.78. The Balaban J connectivity index is 2.18. The van der Waals surface area contributed by atoms with Gasteiger partial charge in [-0.15, -0.1) is 0 Å². The molecule has 0 spiro atoms. The molecular weight excluding hydrogens is 244 g/mol. The molecule has 1 aromatic carbocycles. The molecule has 0 saturated heterocycles. The lowest BCUT2D eigenvalue weighted by molar-refractivity contribution is 0.144. The first-order valence-corrected chi connectivity index (χ1v) is 6.60. The molecule has 0 aliphatic heterocycles. The summed E-state index contributed by atoms with van der Waals surface area (Å²) in [6, 6.07) is 6.55. The molecule has 2 unspecified atom stereocenters. The number of benzene rings is 1. The Hall–Kier alpha value is -1.48. The maximum Gasteiger partial charge on any atom is 0.135 e. The van der Waals surface area contributed by atoms with E-state index in [0.29, 0.717) is 18.5 Å². The Morgan fingerprint density at radius 1 is 1.37 bits per heavy atom. The standard InChI is InChI=1S/C16H19F2N/c1-12(8-11-19)16(18)9-6-13(7-10-16)14-4-2-3-5-15(14)17/h2-7,9,12H,8,10-11,19H2,1H3. The van der Waals surface area contributed by atoms with Gasteiger partial charge < -0.3 is 5.73 Å². The first kappa shape index (κ1) is 13.9. The smallest absolute Gasteiger partial charge is 0.135 e. The van der Waals surface area contributed by atoms with Gasteiger partial charge in [-0.1, -0.05) is 37.3 Å². The van der Waals surface area contributed by atoms with Crippen LogP contribution in [0.4, 0.5) is 8.78 Å². The average Bonchev–Trinajstić information content (AvgIpc) is 2.41. The summed E-state index contributed by atoms with van der Waals surface area (Å²) in [6.07, 6.45) is 5.91. The molecule has 0 amide bonds. The number of nitrogens with two attached hydrogens (primary N) is 1. The molecule has 1 aliphatic rings. The van der Waals surface area contributed by atoms with E-state index in [1.807, 2.05) is 6.92 Å². The Morgan fingerprint density at radius 3 is 2.68 bits per heavy atom. The van der Waals surface area contributed by atoms with E-state index < -0.39 is 5.67 Å². The second kappa shape index (κ2) is 5.66. The van der Waals surface area contributed by atoms with E-state index in [1.165, 1.54) is 6.07 Å². The summed E-state index contributed by atoms with van der Waals surface area (Å²) in [7, 11) is 0. The van der Waals surface area contributed by atoms with E-state index in [1.54, 1.807) is 36.4 Å². The average molecular weight is 263 g/mol. The summed E-state index contributed by atoms with van der Waals surface area (Å²) in [5.41, 5.74) is 5.37. The normalized spacial score (nSPS) is 24.1. The van der Waals surface area contributed by atoms with Gasteiger partial charge in [0.2, 0.25) is 0 Å².